The molecule has 1 aromatic rings. The van der Waals surface area contributed by atoms with E-state index in [0.29, 0.717) is 11.8 Å². The van der Waals surface area contributed by atoms with Gasteiger partial charge in [0, 0.05) is 11.0 Å². The van der Waals surface area contributed by atoms with Crippen molar-refractivity contribution in [1.29, 1.82) is 0 Å². The zero-order chi connectivity index (χ0) is 27.9. The first-order valence-electron chi connectivity index (χ1n) is 14.8. The number of ether oxygens (including phenoxy) is 1. The summed E-state index contributed by atoms with van der Waals surface area (Å²) in [4.78, 5) is 26.2. The summed E-state index contributed by atoms with van der Waals surface area (Å²) in [5.74, 6) is 1.80. The van der Waals surface area contributed by atoms with Crippen LogP contribution in [0.5, 0.6) is 0 Å². The minimum atomic E-state index is -0.365. The summed E-state index contributed by atoms with van der Waals surface area (Å²) < 4.78 is 11.3. The zero-order valence-corrected chi connectivity index (χ0v) is 25.3. The Balaban J connectivity index is 1.60. The van der Waals surface area contributed by atoms with Gasteiger partial charge in [-0.1, -0.05) is 59.2 Å². The molecule has 3 fully saturated rings. The van der Waals surface area contributed by atoms with Gasteiger partial charge in [-0.05, 0) is 104 Å². The molecule has 38 heavy (non-hydrogen) atoms. The third kappa shape index (κ3) is 3.73. The Morgan fingerprint density at radius 3 is 2.34 bits per heavy atom. The van der Waals surface area contributed by atoms with Crippen molar-refractivity contribution in [3.05, 3.63) is 29.2 Å². The van der Waals surface area contributed by atoms with Crippen LogP contribution in [0.4, 0.5) is 0 Å². The molecule has 210 valence electrons. The summed E-state index contributed by atoms with van der Waals surface area (Å²) in [7, 11) is 1.56. The molecule has 0 bridgehead atoms. The van der Waals surface area contributed by atoms with Gasteiger partial charge in [-0.25, -0.2) is 0 Å². The van der Waals surface area contributed by atoms with Crippen LogP contribution in [0.2, 0.25) is 0 Å². The van der Waals surface area contributed by atoms with E-state index in [1.807, 2.05) is 12.3 Å². The Morgan fingerprint density at radius 1 is 1.00 bits per heavy atom. The highest BCUT2D eigenvalue weighted by Crippen LogP contribution is 2.71. The third-order valence-electron chi connectivity index (χ3n) is 12.5. The molecule has 0 spiro atoms. The molecule has 0 N–H and O–H groups in total. The molecule has 1 unspecified atom stereocenters. The molecule has 5 heteroatoms. The number of esters is 1. The molecule has 0 radical (unpaired) electrons. The highest BCUT2D eigenvalue weighted by Gasteiger charge is 2.65. The predicted molar refractivity (Wildman–Crippen MR) is 148 cm³/mol. The molecule has 0 saturated heterocycles. The average Bonchev–Trinajstić information content (AvgIpc) is 3.29. The van der Waals surface area contributed by atoms with Crippen LogP contribution in [0, 0.1) is 38.9 Å². The van der Waals surface area contributed by atoms with E-state index in [1.165, 1.54) is 11.1 Å². The van der Waals surface area contributed by atoms with Gasteiger partial charge in [0.15, 0.2) is 5.78 Å². The first-order chi connectivity index (χ1) is 17.5. The molecule has 5 nitrogen and oxygen atoms in total. The van der Waals surface area contributed by atoms with Gasteiger partial charge >= 0.3 is 5.97 Å². The van der Waals surface area contributed by atoms with Crippen molar-refractivity contribution < 1.29 is 18.8 Å². The number of aromatic nitrogens is 1. The van der Waals surface area contributed by atoms with Crippen LogP contribution in [-0.2, 0) is 26.2 Å². The van der Waals surface area contributed by atoms with Crippen molar-refractivity contribution in [2.45, 2.75) is 119 Å². The molecular weight excluding hydrogens is 474 g/mol. The number of ketones is 1. The topological polar surface area (TPSA) is 69.4 Å². The zero-order valence-electron chi connectivity index (χ0n) is 25.3. The number of allylic oxidation sites excluding steroid dienone is 2. The molecular formula is C33H49NO4. The van der Waals surface area contributed by atoms with Gasteiger partial charge < -0.3 is 9.26 Å². The van der Waals surface area contributed by atoms with Crippen molar-refractivity contribution in [3.8, 4) is 0 Å². The second-order valence-corrected chi connectivity index (χ2v) is 15.6. The number of methoxy groups -OCH3 is 1. The fourth-order valence-electron chi connectivity index (χ4n) is 10.3. The van der Waals surface area contributed by atoms with Crippen molar-refractivity contribution in [2.24, 2.45) is 38.9 Å². The maximum Gasteiger partial charge on any atom is 0.312 e. The number of hydrogen-bond acceptors (Lipinski definition) is 5. The molecule has 4 aliphatic carbocycles. The SMILES string of the molecule is COC(=O)[C@]12CCC(C)(C)CC1C[C@](C)([C@]1(C)CC[C@H]3C(C)(C)c4oncc4C[C@]3(C)/C1=C/C(C)=O)CC2. The van der Waals surface area contributed by atoms with Gasteiger partial charge in [0.2, 0.25) is 0 Å². The van der Waals surface area contributed by atoms with Crippen LogP contribution in [-0.4, -0.2) is 24.0 Å². The highest BCUT2D eigenvalue weighted by molar-refractivity contribution is 5.88. The minimum absolute atomic E-state index is 0.00519. The fraction of sp³-hybridized carbons (Fsp3) is 0.788. The van der Waals surface area contributed by atoms with Gasteiger partial charge in [-0.3, -0.25) is 9.59 Å². The average molecular weight is 524 g/mol. The van der Waals surface area contributed by atoms with Gasteiger partial charge in [-0.15, -0.1) is 0 Å². The molecule has 3 saturated carbocycles. The first-order valence-corrected chi connectivity index (χ1v) is 14.8. The van der Waals surface area contributed by atoms with E-state index in [4.69, 9.17) is 9.26 Å². The van der Waals surface area contributed by atoms with Crippen LogP contribution in [0.25, 0.3) is 0 Å². The summed E-state index contributed by atoms with van der Waals surface area (Å²) in [5, 5.41) is 4.20. The number of fused-ring (bicyclic) bond motifs is 3. The Bertz CT molecular complexity index is 1180. The Hall–Kier alpha value is -1.91. The lowest BCUT2D eigenvalue weighted by Gasteiger charge is -2.65. The fourth-order valence-corrected chi connectivity index (χ4v) is 10.3. The van der Waals surface area contributed by atoms with Gasteiger partial charge in [0.1, 0.15) is 5.76 Å². The highest BCUT2D eigenvalue weighted by atomic mass is 16.5. The van der Waals surface area contributed by atoms with Crippen LogP contribution in [0.15, 0.2) is 22.4 Å². The maximum absolute atomic E-state index is 13.3. The Morgan fingerprint density at radius 2 is 1.68 bits per heavy atom. The van der Waals surface area contributed by atoms with Crippen molar-refractivity contribution in [2.75, 3.05) is 7.11 Å². The largest absolute Gasteiger partial charge is 0.469 e. The molecule has 0 aliphatic heterocycles. The summed E-state index contributed by atoms with van der Waals surface area (Å²) in [6.07, 6.45) is 12.8. The lowest BCUT2D eigenvalue weighted by atomic mass is 9.38. The van der Waals surface area contributed by atoms with Gasteiger partial charge in [0.25, 0.3) is 0 Å². The summed E-state index contributed by atoms with van der Waals surface area (Å²) in [5.41, 5.74) is 1.88. The van der Waals surface area contributed by atoms with Crippen LogP contribution < -0.4 is 0 Å². The van der Waals surface area contributed by atoms with Gasteiger partial charge in [0.05, 0.1) is 18.7 Å². The van der Waals surface area contributed by atoms with Crippen LogP contribution in [0.1, 0.15) is 118 Å². The standard InChI is InChI=1S/C33H49NO4/c1-21(35)16-25-31(7)17-22-20-34-38-26(22)29(4,5)24(31)10-11-32(25,8)30(6)13-15-33(27(36)37-9)14-12-28(2,3)18-23(33)19-30/h16,20,23-24H,10-15,17-19H2,1-9H3/b25-16-/t23?,24-,30+,31-,32+,33-/m0/s1. The van der Waals surface area contributed by atoms with Crippen molar-refractivity contribution in [3.63, 3.8) is 0 Å². The van der Waals surface area contributed by atoms with E-state index in [2.05, 4.69) is 53.6 Å². The molecule has 0 aromatic carbocycles. The number of carbonyl (C=O) groups is 2. The molecule has 6 atom stereocenters. The van der Waals surface area contributed by atoms with Crippen LogP contribution >= 0.6 is 0 Å². The van der Waals surface area contributed by atoms with Crippen molar-refractivity contribution >= 4 is 11.8 Å². The molecule has 0 amide bonds. The summed E-state index contributed by atoms with van der Waals surface area (Å²) in [6, 6.07) is 0. The normalized spacial score (nSPS) is 42.5. The van der Waals surface area contributed by atoms with E-state index in [9.17, 15) is 9.59 Å². The van der Waals surface area contributed by atoms with Gasteiger partial charge in [-0.2, -0.15) is 0 Å². The lowest BCUT2D eigenvalue weighted by molar-refractivity contribution is -0.174. The van der Waals surface area contributed by atoms with Crippen molar-refractivity contribution in [1.82, 2.24) is 5.16 Å². The van der Waals surface area contributed by atoms with Crippen LogP contribution in [0.3, 0.4) is 0 Å². The number of hydrogen-bond donors (Lipinski definition) is 0. The molecule has 1 aromatic heterocycles. The maximum atomic E-state index is 13.3. The smallest absolute Gasteiger partial charge is 0.312 e. The summed E-state index contributed by atoms with van der Waals surface area (Å²) in [6.45, 7) is 18.3. The van der Waals surface area contributed by atoms with E-state index in [0.717, 1.165) is 63.5 Å². The number of carbonyl (C=O) groups excluding carboxylic acids is 2. The summed E-state index contributed by atoms with van der Waals surface area (Å²) >= 11 is 0. The van der Waals surface area contributed by atoms with E-state index >= 15 is 0 Å². The molecule has 4 aliphatic rings. The van der Waals surface area contributed by atoms with E-state index < -0.39 is 0 Å². The number of nitrogens with zero attached hydrogens (tertiary/aromatic N) is 1. The van der Waals surface area contributed by atoms with E-state index in [-0.39, 0.29) is 44.2 Å². The third-order valence-corrected chi connectivity index (χ3v) is 12.5. The molecule has 5 rings (SSSR count). The predicted octanol–water partition coefficient (Wildman–Crippen LogP) is 7.62. The Kier molecular flexibility index (Phi) is 6.22. The van der Waals surface area contributed by atoms with E-state index in [1.54, 1.807) is 14.0 Å². The Labute approximate surface area is 229 Å². The second kappa shape index (κ2) is 8.54. The molecule has 1 heterocycles. The minimum Gasteiger partial charge on any atom is -0.469 e. The monoisotopic (exact) mass is 523 g/mol. The quantitative estimate of drug-likeness (QED) is 0.301. The second-order valence-electron chi connectivity index (χ2n) is 15.6. The number of rotatable bonds is 3. The lowest BCUT2D eigenvalue weighted by Crippen LogP contribution is -2.59. The first kappa shape index (κ1) is 27.6.